The standard InChI is InChI=1S/C15H13Cl2NO3.C2H6/c1-8(19)9-3-4-10(12(17)7-9)13-6-5-11(16)14(18-13)15(20)21-2;1-2/h3-8,19H,1-2H3;1-2H3. The highest BCUT2D eigenvalue weighted by atomic mass is 35.5. The first kappa shape index (κ1) is 19.4. The SMILES string of the molecule is CC.COC(=O)c1nc(-c2ccc(C(C)O)cc2Cl)ccc1Cl. The highest BCUT2D eigenvalue weighted by Gasteiger charge is 2.16. The van der Waals surface area contributed by atoms with E-state index in [1.54, 1.807) is 37.3 Å². The topological polar surface area (TPSA) is 59.4 Å². The second-order valence-corrected chi connectivity index (χ2v) is 5.25. The number of carbonyl (C=O) groups is 1. The number of benzene rings is 1. The summed E-state index contributed by atoms with van der Waals surface area (Å²) in [4.78, 5) is 15.8. The molecule has 1 atom stereocenters. The van der Waals surface area contributed by atoms with Crippen molar-refractivity contribution in [2.24, 2.45) is 0 Å². The van der Waals surface area contributed by atoms with E-state index in [1.165, 1.54) is 7.11 Å². The number of carbonyl (C=O) groups excluding carboxylic acids is 1. The fraction of sp³-hybridized carbons (Fsp3) is 0.294. The van der Waals surface area contributed by atoms with Crippen molar-refractivity contribution in [3.05, 3.63) is 51.6 Å². The number of nitrogens with zero attached hydrogens (tertiary/aromatic N) is 1. The normalized spacial score (nSPS) is 11.3. The predicted molar refractivity (Wildman–Crippen MR) is 93.0 cm³/mol. The highest BCUT2D eigenvalue weighted by Crippen LogP contribution is 2.30. The van der Waals surface area contributed by atoms with Gasteiger partial charge in [0.25, 0.3) is 0 Å². The number of hydrogen-bond donors (Lipinski definition) is 1. The first-order valence-electron chi connectivity index (χ1n) is 7.16. The van der Waals surface area contributed by atoms with Gasteiger partial charge in [-0.2, -0.15) is 0 Å². The summed E-state index contributed by atoms with van der Waals surface area (Å²) in [5.41, 5.74) is 1.88. The maximum atomic E-state index is 11.6. The Labute approximate surface area is 146 Å². The molecule has 0 amide bonds. The Hall–Kier alpha value is -1.62. The van der Waals surface area contributed by atoms with Gasteiger partial charge < -0.3 is 9.84 Å². The van der Waals surface area contributed by atoms with Crippen LogP contribution in [0, 0.1) is 0 Å². The first-order chi connectivity index (χ1) is 10.9. The van der Waals surface area contributed by atoms with Crippen LogP contribution < -0.4 is 0 Å². The van der Waals surface area contributed by atoms with Gasteiger partial charge in [0.05, 0.1) is 29.0 Å². The van der Waals surface area contributed by atoms with Gasteiger partial charge in [-0.3, -0.25) is 0 Å². The fourth-order valence-electron chi connectivity index (χ4n) is 1.83. The number of aliphatic hydroxyl groups is 1. The third kappa shape index (κ3) is 4.67. The molecule has 23 heavy (non-hydrogen) atoms. The Bertz CT molecular complexity index is 688. The van der Waals surface area contributed by atoms with Crippen molar-refractivity contribution in [3.8, 4) is 11.3 Å². The van der Waals surface area contributed by atoms with Crippen LogP contribution in [0.1, 0.15) is 42.9 Å². The number of pyridine rings is 1. The molecule has 0 aliphatic carbocycles. The van der Waals surface area contributed by atoms with E-state index < -0.39 is 12.1 Å². The van der Waals surface area contributed by atoms with E-state index in [0.717, 1.165) is 0 Å². The molecular weight excluding hydrogens is 337 g/mol. The largest absolute Gasteiger partial charge is 0.464 e. The molecule has 1 aromatic carbocycles. The Kier molecular flexibility index (Phi) is 7.49. The van der Waals surface area contributed by atoms with Gasteiger partial charge >= 0.3 is 5.97 Å². The molecule has 1 heterocycles. The van der Waals surface area contributed by atoms with E-state index in [1.807, 2.05) is 13.8 Å². The Morgan fingerprint density at radius 2 is 1.83 bits per heavy atom. The molecule has 0 aliphatic rings. The summed E-state index contributed by atoms with van der Waals surface area (Å²) in [5.74, 6) is -0.612. The number of ether oxygens (including phenoxy) is 1. The van der Waals surface area contributed by atoms with Gasteiger partial charge in [0.2, 0.25) is 0 Å². The molecule has 1 N–H and O–H groups in total. The van der Waals surface area contributed by atoms with Gasteiger partial charge in [-0.15, -0.1) is 0 Å². The summed E-state index contributed by atoms with van der Waals surface area (Å²) in [6.45, 7) is 5.65. The van der Waals surface area contributed by atoms with E-state index >= 15 is 0 Å². The zero-order valence-electron chi connectivity index (χ0n) is 13.4. The summed E-state index contributed by atoms with van der Waals surface area (Å²) in [6.07, 6.45) is -0.611. The van der Waals surface area contributed by atoms with Crippen molar-refractivity contribution >= 4 is 29.2 Å². The van der Waals surface area contributed by atoms with Crippen LogP contribution in [-0.2, 0) is 4.74 Å². The van der Waals surface area contributed by atoms with Gasteiger partial charge in [0.15, 0.2) is 5.69 Å². The van der Waals surface area contributed by atoms with E-state index in [9.17, 15) is 9.90 Å². The summed E-state index contributed by atoms with van der Waals surface area (Å²) < 4.78 is 4.64. The van der Waals surface area contributed by atoms with Crippen LogP contribution in [-0.4, -0.2) is 23.2 Å². The number of hydrogen-bond acceptors (Lipinski definition) is 4. The first-order valence-corrected chi connectivity index (χ1v) is 7.92. The van der Waals surface area contributed by atoms with Crippen LogP contribution in [0.15, 0.2) is 30.3 Å². The molecule has 0 saturated carbocycles. The number of aromatic nitrogens is 1. The molecule has 4 nitrogen and oxygen atoms in total. The zero-order valence-corrected chi connectivity index (χ0v) is 14.9. The van der Waals surface area contributed by atoms with Crippen molar-refractivity contribution in [2.75, 3.05) is 7.11 Å². The van der Waals surface area contributed by atoms with E-state index in [4.69, 9.17) is 23.2 Å². The smallest absolute Gasteiger partial charge is 0.358 e. The Morgan fingerprint density at radius 1 is 1.17 bits per heavy atom. The van der Waals surface area contributed by atoms with Gasteiger partial charge in [-0.1, -0.05) is 49.2 Å². The van der Waals surface area contributed by atoms with Gasteiger partial charge in [0, 0.05) is 5.56 Å². The van der Waals surface area contributed by atoms with Gasteiger partial charge in [-0.05, 0) is 30.7 Å². The molecule has 0 spiro atoms. The summed E-state index contributed by atoms with van der Waals surface area (Å²) >= 11 is 12.1. The molecule has 2 rings (SSSR count). The molecule has 1 unspecified atom stereocenters. The monoisotopic (exact) mass is 355 g/mol. The summed E-state index contributed by atoms with van der Waals surface area (Å²) in [7, 11) is 1.26. The van der Waals surface area contributed by atoms with Crippen molar-refractivity contribution in [2.45, 2.75) is 26.9 Å². The third-order valence-corrected chi connectivity index (χ3v) is 3.59. The summed E-state index contributed by atoms with van der Waals surface area (Å²) in [5, 5.41) is 10.2. The Morgan fingerprint density at radius 3 is 2.35 bits per heavy atom. The lowest BCUT2D eigenvalue weighted by Gasteiger charge is -2.10. The zero-order chi connectivity index (χ0) is 17.6. The van der Waals surface area contributed by atoms with E-state index in [0.29, 0.717) is 21.8 Å². The minimum absolute atomic E-state index is 0.0346. The third-order valence-electron chi connectivity index (χ3n) is 2.98. The molecule has 124 valence electrons. The van der Waals surface area contributed by atoms with Crippen LogP contribution in [0.3, 0.4) is 0 Å². The molecule has 0 bridgehead atoms. The fourth-order valence-corrected chi connectivity index (χ4v) is 2.30. The molecule has 0 saturated heterocycles. The Balaban J connectivity index is 0.00000127. The van der Waals surface area contributed by atoms with Crippen LogP contribution >= 0.6 is 23.2 Å². The predicted octanol–water partition coefficient (Wildman–Crippen LogP) is 4.92. The molecule has 0 fully saturated rings. The molecule has 0 radical (unpaired) electrons. The second kappa shape index (κ2) is 8.87. The number of methoxy groups -OCH3 is 1. The minimum Gasteiger partial charge on any atom is -0.464 e. The number of esters is 1. The van der Waals surface area contributed by atoms with E-state index in [-0.39, 0.29) is 10.7 Å². The maximum absolute atomic E-state index is 11.6. The van der Waals surface area contributed by atoms with Crippen LogP contribution in [0.2, 0.25) is 10.0 Å². The lowest BCUT2D eigenvalue weighted by molar-refractivity contribution is 0.0594. The van der Waals surface area contributed by atoms with Crippen LogP contribution in [0.25, 0.3) is 11.3 Å². The molecular formula is C17H19Cl2NO3. The van der Waals surface area contributed by atoms with Crippen molar-refractivity contribution in [1.82, 2.24) is 4.98 Å². The number of rotatable bonds is 3. The van der Waals surface area contributed by atoms with Crippen molar-refractivity contribution < 1.29 is 14.6 Å². The lowest BCUT2D eigenvalue weighted by atomic mass is 10.1. The number of halogens is 2. The van der Waals surface area contributed by atoms with Crippen LogP contribution in [0.4, 0.5) is 0 Å². The molecule has 1 aromatic heterocycles. The maximum Gasteiger partial charge on any atom is 0.358 e. The molecule has 0 aliphatic heterocycles. The van der Waals surface area contributed by atoms with Crippen molar-refractivity contribution in [1.29, 1.82) is 0 Å². The van der Waals surface area contributed by atoms with E-state index in [2.05, 4.69) is 9.72 Å². The lowest BCUT2D eigenvalue weighted by Crippen LogP contribution is -2.06. The van der Waals surface area contributed by atoms with Gasteiger partial charge in [0.1, 0.15) is 0 Å². The molecule has 6 heteroatoms. The average Bonchev–Trinajstić information content (AvgIpc) is 2.56. The number of aliphatic hydroxyl groups excluding tert-OH is 1. The van der Waals surface area contributed by atoms with Crippen molar-refractivity contribution in [3.63, 3.8) is 0 Å². The minimum atomic E-state index is -0.612. The quantitative estimate of drug-likeness (QED) is 0.793. The summed E-state index contributed by atoms with van der Waals surface area (Å²) in [6, 6.07) is 8.38. The van der Waals surface area contributed by atoms with Gasteiger partial charge in [-0.25, -0.2) is 9.78 Å². The molecule has 2 aromatic rings. The van der Waals surface area contributed by atoms with Crippen LogP contribution in [0.5, 0.6) is 0 Å². The highest BCUT2D eigenvalue weighted by molar-refractivity contribution is 6.34. The second-order valence-electron chi connectivity index (χ2n) is 4.43. The average molecular weight is 356 g/mol.